The van der Waals surface area contributed by atoms with Crippen LogP contribution in [-0.2, 0) is 0 Å². The summed E-state index contributed by atoms with van der Waals surface area (Å²) < 4.78 is 0. The van der Waals surface area contributed by atoms with E-state index in [0.717, 1.165) is 36.2 Å². The van der Waals surface area contributed by atoms with Gasteiger partial charge in [-0.05, 0) is 63.4 Å². The van der Waals surface area contributed by atoms with Gasteiger partial charge < -0.3 is 10.2 Å². The van der Waals surface area contributed by atoms with Crippen LogP contribution < -0.4 is 10.2 Å². The molecule has 1 saturated heterocycles. The van der Waals surface area contributed by atoms with Crippen molar-refractivity contribution >= 4 is 28.3 Å². The molecule has 1 aromatic heterocycles. The Morgan fingerprint density at radius 3 is 2.77 bits per heavy atom. The first kappa shape index (κ1) is 15.5. The molecule has 1 aromatic carbocycles. The standard InChI is InChI=1S/C17H23ClN4/c1-11-5-6-13-14(9-11)19-16(18)20-15(13)22-8-7-12(10-22)21-17(2,3)4/h5-6,9,12,21H,7-8,10H2,1-4H3/t12-/m1/s1. The maximum Gasteiger partial charge on any atom is 0.224 e. The first-order chi connectivity index (χ1) is 10.3. The highest BCUT2D eigenvalue weighted by Gasteiger charge is 2.27. The summed E-state index contributed by atoms with van der Waals surface area (Å²) >= 11 is 6.13. The Labute approximate surface area is 136 Å². The molecule has 1 aliphatic rings. The Morgan fingerprint density at radius 2 is 2.05 bits per heavy atom. The highest BCUT2D eigenvalue weighted by Crippen LogP contribution is 2.29. The summed E-state index contributed by atoms with van der Waals surface area (Å²) in [7, 11) is 0. The second kappa shape index (κ2) is 5.67. The van der Waals surface area contributed by atoms with Gasteiger partial charge in [-0.15, -0.1) is 0 Å². The molecule has 0 saturated carbocycles. The maximum absolute atomic E-state index is 6.13. The van der Waals surface area contributed by atoms with E-state index >= 15 is 0 Å². The van der Waals surface area contributed by atoms with Gasteiger partial charge >= 0.3 is 0 Å². The van der Waals surface area contributed by atoms with Crippen molar-refractivity contribution in [2.45, 2.75) is 45.7 Å². The number of hydrogen-bond donors (Lipinski definition) is 1. The molecule has 5 heteroatoms. The van der Waals surface area contributed by atoms with E-state index in [1.807, 2.05) is 0 Å². The normalized spacial score (nSPS) is 19.1. The molecule has 2 aromatic rings. The summed E-state index contributed by atoms with van der Waals surface area (Å²) in [4.78, 5) is 11.2. The molecule has 1 aliphatic heterocycles. The molecule has 0 unspecified atom stereocenters. The van der Waals surface area contributed by atoms with Crippen LogP contribution in [0.1, 0.15) is 32.8 Å². The SMILES string of the molecule is Cc1ccc2c(N3CC[C@@H](NC(C)(C)C)C3)nc(Cl)nc2c1. The number of hydrogen-bond acceptors (Lipinski definition) is 4. The topological polar surface area (TPSA) is 41.0 Å². The van der Waals surface area contributed by atoms with Crippen LogP contribution in [0, 0.1) is 6.92 Å². The third-order valence-corrected chi connectivity index (χ3v) is 4.10. The molecule has 22 heavy (non-hydrogen) atoms. The van der Waals surface area contributed by atoms with Crippen LogP contribution in [0.4, 0.5) is 5.82 Å². The zero-order chi connectivity index (χ0) is 15.9. The molecule has 0 radical (unpaired) electrons. The van der Waals surface area contributed by atoms with E-state index in [4.69, 9.17) is 11.6 Å². The Bertz CT molecular complexity index is 688. The molecule has 2 heterocycles. The number of aryl methyl sites for hydroxylation is 1. The van der Waals surface area contributed by atoms with Crippen molar-refractivity contribution in [3.63, 3.8) is 0 Å². The van der Waals surface area contributed by atoms with Crippen molar-refractivity contribution in [1.82, 2.24) is 15.3 Å². The molecule has 4 nitrogen and oxygen atoms in total. The molecule has 0 aliphatic carbocycles. The monoisotopic (exact) mass is 318 g/mol. The average molecular weight is 319 g/mol. The lowest BCUT2D eigenvalue weighted by Gasteiger charge is -2.26. The first-order valence-electron chi connectivity index (χ1n) is 7.78. The van der Waals surface area contributed by atoms with Crippen LogP contribution in [0.25, 0.3) is 10.9 Å². The molecule has 3 rings (SSSR count). The van der Waals surface area contributed by atoms with E-state index in [2.05, 4.69) is 66.1 Å². The average Bonchev–Trinajstić information content (AvgIpc) is 2.83. The minimum absolute atomic E-state index is 0.128. The van der Waals surface area contributed by atoms with Gasteiger partial charge in [0.25, 0.3) is 0 Å². The number of anilines is 1. The molecule has 118 valence electrons. The highest BCUT2D eigenvalue weighted by molar-refractivity contribution is 6.28. The van der Waals surface area contributed by atoms with Crippen molar-refractivity contribution in [1.29, 1.82) is 0 Å². The minimum Gasteiger partial charge on any atom is -0.354 e. The molecular formula is C17H23ClN4. The largest absolute Gasteiger partial charge is 0.354 e. The van der Waals surface area contributed by atoms with E-state index in [-0.39, 0.29) is 5.54 Å². The van der Waals surface area contributed by atoms with Gasteiger partial charge in [0.05, 0.1) is 5.52 Å². The molecule has 1 N–H and O–H groups in total. The van der Waals surface area contributed by atoms with Crippen LogP contribution >= 0.6 is 11.6 Å². The molecule has 0 spiro atoms. The van der Waals surface area contributed by atoms with Crippen LogP contribution in [0.3, 0.4) is 0 Å². The minimum atomic E-state index is 0.128. The van der Waals surface area contributed by atoms with Crippen molar-refractivity contribution in [2.24, 2.45) is 0 Å². The fourth-order valence-corrected chi connectivity index (χ4v) is 3.29. The van der Waals surface area contributed by atoms with Gasteiger partial charge in [0.1, 0.15) is 5.82 Å². The van der Waals surface area contributed by atoms with E-state index in [1.54, 1.807) is 0 Å². The zero-order valence-corrected chi connectivity index (χ0v) is 14.4. The summed E-state index contributed by atoms with van der Waals surface area (Å²) in [5.41, 5.74) is 2.23. The summed E-state index contributed by atoms with van der Waals surface area (Å²) in [6.07, 6.45) is 1.12. The summed E-state index contributed by atoms with van der Waals surface area (Å²) in [5, 5.41) is 5.07. The smallest absolute Gasteiger partial charge is 0.224 e. The Kier molecular flexibility index (Phi) is 4.00. The Balaban J connectivity index is 1.91. The van der Waals surface area contributed by atoms with Gasteiger partial charge in [-0.1, -0.05) is 6.07 Å². The van der Waals surface area contributed by atoms with Crippen molar-refractivity contribution in [3.05, 3.63) is 29.0 Å². The van der Waals surface area contributed by atoms with Crippen molar-refractivity contribution in [2.75, 3.05) is 18.0 Å². The van der Waals surface area contributed by atoms with Gasteiger partial charge in [-0.25, -0.2) is 4.98 Å². The molecule has 0 amide bonds. The molecule has 1 fully saturated rings. The fraction of sp³-hybridized carbons (Fsp3) is 0.529. The lowest BCUT2D eigenvalue weighted by molar-refractivity contribution is 0.373. The summed E-state index contributed by atoms with van der Waals surface area (Å²) in [5.74, 6) is 0.952. The van der Waals surface area contributed by atoms with E-state index < -0.39 is 0 Å². The third-order valence-electron chi connectivity index (χ3n) is 3.93. The number of nitrogens with zero attached hydrogens (tertiary/aromatic N) is 3. The fourth-order valence-electron chi connectivity index (χ4n) is 3.12. The van der Waals surface area contributed by atoms with Gasteiger partial charge in [-0.3, -0.25) is 0 Å². The number of fused-ring (bicyclic) bond motifs is 1. The van der Waals surface area contributed by atoms with Gasteiger partial charge in [0.15, 0.2) is 0 Å². The van der Waals surface area contributed by atoms with E-state index in [0.29, 0.717) is 11.3 Å². The van der Waals surface area contributed by atoms with Crippen LogP contribution in [0.15, 0.2) is 18.2 Å². The second-order valence-corrected chi connectivity index (χ2v) is 7.50. The first-order valence-corrected chi connectivity index (χ1v) is 8.16. The second-order valence-electron chi connectivity index (χ2n) is 7.16. The van der Waals surface area contributed by atoms with Crippen LogP contribution in [-0.4, -0.2) is 34.6 Å². The van der Waals surface area contributed by atoms with E-state index in [1.165, 1.54) is 5.56 Å². The summed E-state index contributed by atoms with van der Waals surface area (Å²) in [6.45, 7) is 10.6. The maximum atomic E-state index is 6.13. The molecule has 1 atom stereocenters. The number of aromatic nitrogens is 2. The van der Waals surface area contributed by atoms with Crippen molar-refractivity contribution < 1.29 is 0 Å². The highest BCUT2D eigenvalue weighted by atomic mass is 35.5. The number of halogens is 1. The van der Waals surface area contributed by atoms with Gasteiger partial charge in [0, 0.05) is 30.1 Å². The summed E-state index contributed by atoms with van der Waals surface area (Å²) in [6, 6.07) is 6.74. The van der Waals surface area contributed by atoms with Crippen LogP contribution in [0.2, 0.25) is 5.28 Å². The number of benzene rings is 1. The number of rotatable bonds is 2. The Hall–Kier alpha value is -1.39. The quantitative estimate of drug-likeness (QED) is 0.860. The predicted octanol–water partition coefficient (Wildman–Crippen LogP) is 3.56. The lowest BCUT2D eigenvalue weighted by atomic mass is 10.1. The lowest BCUT2D eigenvalue weighted by Crippen LogP contribution is -2.45. The zero-order valence-electron chi connectivity index (χ0n) is 13.7. The van der Waals surface area contributed by atoms with Gasteiger partial charge in [-0.2, -0.15) is 4.98 Å². The number of nitrogens with one attached hydrogen (secondary N) is 1. The molecular weight excluding hydrogens is 296 g/mol. The third kappa shape index (κ3) is 3.33. The van der Waals surface area contributed by atoms with Crippen molar-refractivity contribution in [3.8, 4) is 0 Å². The van der Waals surface area contributed by atoms with Crippen LogP contribution in [0.5, 0.6) is 0 Å². The predicted molar refractivity (Wildman–Crippen MR) is 92.8 cm³/mol. The van der Waals surface area contributed by atoms with E-state index in [9.17, 15) is 0 Å². The Morgan fingerprint density at radius 1 is 1.27 bits per heavy atom. The van der Waals surface area contributed by atoms with Gasteiger partial charge in [0.2, 0.25) is 5.28 Å². The molecule has 0 bridgehead atoms.